The first kappa shape index (κ1) is 22.0. The van der Waals surface area contributed by atoms with E-state index in [1.807, 2.05) is 0 Å². The molecule has 0 aliphatic rings. The predicted octanol–water partition coefficient (Wildman–Crippen LogP) is 4.36. The number of thiocarbonyl (C=S) groups is 1. The lowest BCUT2D eigenvalue weighted by Crippen LogP contribution is -2.20. The molecule has 0 heterocycles. The molecule has 0 spiro atoms. The van der Waals surface area contributed by atoms with E-state index in [4.69, 9.17) is 21.7 Å². The number of hydrogen-bond acceptors (Lipinski definition) is 6. The van der Waals surface area contributed by atoms with Crippen LogP contribution in [-0.4, -0.2) is 37.0 Å². The molecule has 0 fully saturated rings. The van der Waals surface area contributed by atoms with E-state index in [1.165, 1.54) is 20.3 Å². The summed E-state index contributed by atoms with van der Waals surface area (Å²) in [6, 6.07) is 8.07. The van der Waals surface area contributed by atoms with Gasteiger partial charge in [-0.15, -0.1) is 0 Å². The summed E-state index contributed by atoms with van der Waals surface area (Å²) in [7, 11) is 2.95. The van der Waals surface area contributed by atoms with Crippen LogP contribution in [0.5, 0.6) is 17.2 Å². The van der Waals surface area contributed by atoms with Crippen molar-refractivity contribution in [1.29, 1.82) is 0 Å². The van der Waals surface area contributed by atoms with Gasteiger partial charge in [-0.05, 0) is 12.2 Å². The highest BCUT2D eigenvalue weighted by Gasteiger charge is 2.28. The summed E-state index contributed by atoms with van der Waals surface area (Å²) in [5, 5.41) is 16.6. The molecule has 0 atom stereocenters. The molecule has 0 aliphatic carbocycles. The van der Waals surface area contributed by atoms with Crippen molar-refractivity contribution in [2.24, 2.45) is 0 Å². The number of halogens is 3. The van der Waals surface area contributed by atoms with E-state index in [-0.39, 0.29) is 16.5 Å². The number of nitro groups is 1. The van der Waals surface area contributed by atoms with Crippen molar-refractivity contribution in [3.8, 4) is 17.2 Å². The van der Waals surface area contributed by atoms with Crippen LogP contribution in [0.25, 0.3) is 0 Å². The summed E-state index contributed by atoms with van der Waals surface area (Å²) < 4.78 is 51.9. The van der Waals surface area contributed by atoms with Crippen LogP contribution in [0.2, 0.25) is 0 Å². The van der Waals surface area contributed by atoms with Crippen molar-refractivity contribution in [2.45, 2.75) is 6.18 Å². The first-order valence-corrected chi connectivity index (χ1v) is 8.30. The molecule has 0 bridgehead atoms. The first-order valence-electron chi connectivity index (χ1n) is 7.90. The van der Waals surface area contributed by atoms with Crippen LogP contribution in [0, 0.1) is 10.1 Å². The Balaban J connectivity index is 2.18. The number of methoxy groups -OCH3 is 2. The number of anilines is 2. The van der Waals surface area contributed by atoms with Gasteiger partial charge in [-0.2, -0.15) is 13.2 Å². The van der Waals surface area contributed by atoms with Crippen LogP contribution >= 0.6 is 12.2 Å². The van der Waals surface area contributed by atoms with Crippen LogP contribution in [-0.2, 0) is 0 Å². The van der Waals surface area contributed by atoms with Crippen molar-refractivity contribution in [1.82, 2.24) is 0 Å². The van der Waals surface area contributed by atoms with Gasteiger partial charge in [-0.25, -0.2) is 0 Å². The summed E-state index contributed by atoms with van der Waals surface area (Å²) >= 11 is 5.16. The first-order chi connectivity index (χ1) is 13.6. The van der Waals surface area contributed by atoms with E-state index in [9.17, 15) is 23.3 Å². The molecule has 0 amide bonds. The molecule has 0 aliphatic heterocycles. The van der Waals surface area contributed by atoms with Crippen LogP contribution in [0.15, 0.2) is 36.4 Å². The van der Waals surface area contributed by atoms with Crippen LogP contribution in [0.3, 0.4) is 0 Å². The van der Waals surface area contributed by atoms with E-state index < -0.39 is 23.4 Å². The number of rotatable bonds is 7. The van der Waals surface area contributed by atoms with Gasteiger partial charge in [0.1, 0.15) is 17.2 Å². The van der Waals surface area contributed by atoms with Gasteiger partial charge in [-0.1, -0.05) is 0 Å². The highest BCUT2D eigenvalue weighted by molar-refractivity contribution is 7.80. The molecular formula is C17H16F3N3O5S. The van der Waals surface area contributed by atoms with Crippen LogP contribution < -0.4 is 24.8 Å². The topological polar surface area (TPSA) is 94.9 Å². The van der Waals surface area contributed by atoms with E-state index in [2.05, 4.69) is 15.4 Å². The summed E-state index contributed by atoms with van der Waals surface area (Å²) in [6.45, 7) is -1.58. The maximum atomic E-state index is 12.4. The molecule has 0 radical (unpaired) electrons. The van der Waals surface area contributed by atoms with Crippen LogP contribution in [0.1, 0.15) is 0 Å². The molecule has 0 unspecified atom stereocenters. The highest BCUT2D eigenvalue weighted by atomic mass is 32.1. The molecule has 2 rings (SSSR count). The van der Waals surface area contributed by atoms with Gasteiger partial charge >= 0.3 is 6.18 Å². The van der Waals surface area contributed by atoms with Gasteiger partial charge in [0.15, 0.2) is 11.7 Å². The molecule has 0 saturated carbocycles. The van der Waals surface area contributed by atoms with Gasteiger partial charge in [-0.3, -0.25) is 10.1 Å². The second kappa shape index (κ2) is 9.28. The van der Waals surface area contributed by atoms with E-state index >= 15 is 0 Å². The maximum Gasteiger partial charge on any atom is 0.422 e. The Labute approximate surface area is 168 Å². The lowest BCUT2D eigenvalue weighted by Gasteiger charge is -2.14. The average molecular weight is 431 g/mol. The molecule has 29 heavy (non-hydrogen) atoms. The Bertz CT molecular complexity index is 886. The lowest BCUT2D eigenvalue weighted by atomic mass is 10.2. The number of nitrogens with one attached hydrogen (secondary N) is 2. The molecule has 12 heteroatoms. The smallest absolute Gasteiger partial charge is 0.422 e. The SMILES string of the molecule is COc1cc(NC(=S)Nc2cc(OCC(F)(F)F)cc([N+](=O)[O-])c2)cc(OC)c1. The minimum atomic E-state index is -4.58. The Kier molecular flexibility index (Phi) is 7.04. The van der Waals surface area contributed by atoms with Gasteiger partial charge in [0, 0.05) is 36.0 Å². The molecule has 2 aromatic carbocycles. The lowest BCUT2D eigenvalue weighted by molar-refractivity contribution is -0.384. The van der Waals surface area contributed by atoms with Crippen molar-refractivity contribution in [2.75, 3.05) is 31.5 Å². The third kappa shape index (κ3) is 6.99. The Hall–Kier alpha value is -3.28. The second-order valence-corrected chi connectivity index (χ2v) is 5.97. The van der Waals surface area contributed by atoms with Gasteiger partial charge in [0.25, 0.3) is 5.69 Å². The minimum Gasteiger partial charge on any atom is -0.497 e. The maximum absolute atomic E-state index is 12.4. The Morgan fingerprint density at radius 3 is 2.00 bits per heavy atom. The number of nitrogens with zero attached hydrogens (tertiary/aromatic N) is 1. The third-order valence-corrected chi connectivity index (χ3v) is 3.58. The molecule has 0 saturated heterocycles. The molecule has 8 nitrogen and oxygen atoms in total. The number of non-ortho nitro benzene ring substituents is 1. The number of alkyl halides is 3. The zero-order chi connectivity index (χ0) is 21.6. The van der Waals surface area contributed by atoms with E-state index in [0.717, 1.165) is 12.1 Å². The highest BCUT2D eigenvalue weighted by Crippen LogP contribution is 2.29. The number of ether oxygens (including phenoxy) is 3. The van der Waals surface area contributed by atoms with Crippen LogP contribution in [0.4, 0.5) is 30.2 Å². The summed E-state index contributed by atoms with van der Waals surface area (Å²) in [5.41, 5.74) is 0.111. The fourth-order valence-electron chi connectivity index (χ4n) is 2.18. The fourth-order valence-corrected chi connectivity index (χ4v) is 2.42. The molecule has 156 valence electrons. The van der Waals surface area contributed by atoms with E-state index in [0.29, 0.717) is 17.2 Å². The minimum absolute atomic E-state index is 0.0302. The zero-order valence-corrected chi connectivity index (χ0v) is 16.0. The largest absolute Gasteiger partial charge is 0.497 e. The molecule has 0 aromatic heterocycles. The average Bonchev–Trinajstić information content (AvgIpc) is 2.65. The third-order valence-electron chi connectivity index (χ3n) is 3.37. The van der Waals surface area contributed by atoms with E-state index in [1.54, 1.807) is 18.2 Å². The Morgan fingerprint density at radius 2 is 1.52 bits per heavy atom. The van der Waals surface area contributed by atoms with Crippen molar-refractivity contribution >= 4 is 34.4 Å². The number of nitro benzene ring substituents is 1. The van der Waals surface area contributed by atoms with Gasteiger partial charge in [0.2, 0.25) is 0 Å². The molecule has 2 aromatic rings. The summed E-state index contributed by atoms with van der Waals surface area (Å²) in [5.74, 6) is 0.658. The molecule has 2 N–H and O–H groups in total. The molecular weight excluding hydrogens is 415 g/mol. The van der Waals surface area contributed by atoms with Crippen molar-refractivity contribution in [3.63, 3.8) is 0 Å². The normalized spacial score (nSPS) is 10.8. The monoisotopic (exact) mass is 431 g/mol. The zero-order valence-electron chi connectivity index (χ0n) is 15.2. The van der Waals surface area contributed by atoms with Gasteiger partial charge < -0.3 is 24.8 Å². The number of hydrogen-bond donors (Lipinski definition) is 2. The van der Waals surface area contributed by atoms with Gasteiger partial charge in [0.05, 0.1) is 30.9 Å². The number of benzene rings is 2. The van der Waals surface area contributed by atoms with Crippen molar-refractivity contribution in [3.05, 3.63) is 46.5 Å². The standard InChI is InChI=1S/C17H16F3N3O5S/c1-26-13-4-11(5-14(8-13)27-2)22-16(29)21-10-3-12(23(24)25)7-15(6-10)28-9-17(18,19)20/h3-8H,9H2,1-2H3,(H2,21,22,29). The predicted molar refractivity (Wildman–Crippen MR) is 104 cm³/mol. The summed E-state index contributed by atoms with van der Waals surface area (Å²) in [4.78, 5) is 10.3. The fraction of sp³-hybridized carbons (Fsp3) is 0.235. The summed E-state index contributed by atoms with van der Waals surface area (Å²) in [6.07, 6.45) is -4.58. The quantitative estimate of drug-likeness (QED) is 0.379. The second-order valence-electron chi connectivity index (χ2n) is 5.56. The van der Waals surface area contributed by atoms with Crippen molar-refractivity contribution < 1.29 is 32.3 Å². The Morgan fingerprint density at radius 1 is 1.00 bits per heavy atom.